The summed E-state index contributed by atoms with van der Waals surface area (Å²) in [7, 11) is 0. The molecule has 2 rings (SSSR count). The summed E-state index contributed by atoms with van der Waals surface area (Å²) in [5, 5.41) is 21.0. The second-order valence-electron chi connectivity index (χ2n) is 4.50. The minimum absolute atomic E-state index is 0.274. The Morgan fingerprint density at radius 2 is 1.95 bits per heavy atom. The van der Waals surface area contributed by atoms with Crippen molar-refractivity contribution in [2.45, 2.75) is 13.5 Å². The Morgan fingerprint density at radius 3 is 2.55 bits per heavy atom. The van der Waals surface area contributed by atoms with Gasteiger partial charge < -0.3 is 10.4 Å². The van der Waals surface area contributed by atoms with E-state index >= 15 is 0 Å². The number of hydrogen-bond donors (Lipinski definition) is 2. The number of carbonyl (C=O) groups is 1. The van der Waals surface area contributed by atoms with Crippen molar-refractivity contribution in [2.75, 3.05) is 5.32 Å². The van der Waals surface area contributed by atoms with Gasteiger partial charge >= 0.3 is 5.97 Å². The van der Waals surface area contributed by atoms with Crippen LogP contribution >= 0.6 is 0 Å². The Balaban J connectivity index is 2.09. The molecular weight excluding hydrogens is 252 g/mol. The number of nitrogens with one attached hydrogen (secondary N) is 1. The highest BCUT2D eigenvalue weighted by molar-refractivity contribution is 5.87. The highest BCUT2D eigenvalue weighted by Crippen LogP contribution is 2.17. The standard InChI is InChI=1S/C16H14N2O2/c1-11-2-3-13(9-17)8-15(11)18-10-12-4-6-14(7-5-12)16(19)20/h2-8,18H,10H2,1H3,(H,19,20). The quantitative estimate of drug-likeness (QED) is 0.891. The molecule has 0 aromatic heterocycles. The van der Waals surface area contributed by atoms with Gasteiger partial charge in [-0.05, 0) is 42.3 Å². The number of rotatable bonds is 4. The van der Waals surface area contributed by atoms with E-state index in [1.807, 2.05) is 13.0 Å². The molecule has 0 amide bonds. The van der Waals surface area contributed by atoms with Crippen LogP contribution in [0, 0.1) is 18.3 Å². The Kier molecular flexibility index (Phi) is 4.02. The van der Waals surface area contributed by atoms with Gasteiger partial charge in [-0.2, -0.15) is 5.26 Å². The van der Waals surface area contributed by atoms with Crippen LogP contribution in [0.3, 0.4) is 0 Å². The van der Waals surface area contributed by atoms with Crippen molar-refractivity contribution >= 4 is 11.7 Å². The van der Waals surface area contributed by atoms with Crippen LogP contribution in [0.25, 0.3) is 0 Å². The van der Waals surface area contributed by atoms with E-state index in [2.05, 4.69) is 11.4 Å². The zero-order valence-corrected chi connectivity index (χ0v) is 11.1. The molecule has 0 aliphatic carbocycles. The molecule has 2 aromatic carbocycles. The van der Waals surface area contributed by atoms with Crippen molar-refractivity contribution in [3.63, 3.8) is 0 Å². The molecule has 2 aromatic rings. The molecule has 0 aliphatic heterocycles. The fraction of sp³-hybridized carbons (Fsp3) is 0.125. The van der Waals surface area contributed by atoms with Gasteiger partial charge in [0.1, 0.15) is 0 Å². The number of benzene rings is 2. The highest BCUT2D eigenvalue weighted by Gasteiger charge is 2.03. The molecule has 4 heteroatoms. The Hall–Kier alpha value is -2.80. The second kappa shape index (κ2) is 5.89. The van der Waals surface area contributed by atoms with Crippen LogP contribution in [0.1, 0.15) is 27.0 Å². The molecule has 0 spiro atoms. The van der Waals surface area contributed by atoms with Crippen molar-refractivity contribution in [3.05, 3.63) is 64.7 Å². The molecule has 20 heavy (non-hydrogen) atoms. The van der Waals surface area contributed by atoms with E-state index < -0.39 is 5.97 Å². The number of aryl methyl sites for hydroxylation is 1. The largest absolute Gasteiger partial charge is 0.478 e. The minimum Gasteiger partial charge on any atom is -0.478 e. The zero-order chi connectivity index (χ0) is 14.5. The molecule has 0 fully saturated rings. The maximum atomic E-state index is 10.8. The van der Waals surface area contributed by atoms with Crippen molar-refractivity contribution in [1.82, 2.24) is 0 Å². The fourth-order valence-corrected chi connectivity index (χ4v) is 1.84. The maximum Gasteiger partial charge on any atom is 0.335 e. The van der Waals surface area contributed by atoms with Crippen LogP contribution < -0.4 is 5.32 Å². The predicted octanol–water partition coefficient (Wildman–Crippen LogP) is 3.18. The van der Waals surface area contributed by atoms with Crippen molar-refractivity contribution in [1.29, 1.82) is 5.26 Å². The van der Waals surface area contributed by atoms with Crippen LogP contribution in [0.2, 0.25) is 0 Å². The molecular formula is C16H14N2O2. The van der Waals surface area contributed by atoms with Gasteiger partial charge in [-0.15, -0.1) is 0 Å². The maximum absolute atomic E-state index is 10.8. The van der Waals surface area contributed by atoms with E-state index in [-0.39, 0.29) is 5.56 Å². The van der Waals surface area contributed by atoms with Gasteiger partial charge in [-0.3, -0.25) is 0 Å². The molecule has 100 valence electrons. The Morgan fingerprint density at radius 1 is 1.25 bits per heavy atom. The lowest BCUT2D eigenvalue weighted by atomic mass is 10.1. The normalized spacial score (nSPS) is 9.80. The molecule has 0 aliphatic rings. The van der Waals surface area contributed by atoms with Crippen LogP contribution in [0.4, 0.5) is 5.69 Å². The molecule has 0 saturated heterocycles. The predicted molar refractivity (Wildman–Crippen MR) is 76.6 cm³/mol. The third-order valence-electron chi connectivity index (χ3n) is 3.05. The minimum atomic E-state index is -0.929. The van der Waals surface area contributed by atoms with Gasteiger partial charge in [0.05, 0.1) is 17.2 Å². The number of hydrogen-bond acceptors (Lipinski definition) is 3. The fourth-order valence-electron chi connectivity index (χ4n) is 1.84. The van der Waals surface area contributed by atoms with Crippen LogP contribution in [-0.4, -0.2) is 11.1 Å². The highest BCUT2D eigenvalue weighted by atomic mass is 16.4. The first-order chi connectivity index (χ1) is 9.60. The average Bonchev–Trinajstić information content (AvgIpc) is 2.47. The summed E-state index contributed by atoms with van der Waals surface area (Å²) in [6.45, 7) is 2.55. The molecule has 2 N–H and O–H groups in total. The first-order valence-corrected chi connectivity index (χ1v) is 6.17. The van der Waals surface area contributed by atoms with E-state index in [9.17, 15) is 4.79 Å². The smallest absolute Gasteiger partial charge is 0.335 e. The first-order valence-electron chi connectivity index (χ1n) is 6.17. The van der Waals surface area contributed by atoms with Gasteiger partial charge in [0.25, 0.3) is 0 Å². The number of aromatic carboxylic acids is 1. The van der Waals surface area contributed by atoms with Crippen LogP contribution in [0.5, 0.6) is 0 Å². The summed E-state index contributed by atoms with van der Waals surface area (Å²) in [6.07, 6.45) is 0. The zero-order valence-electron chi connectivity index (χ0n) is 11.1. The van der Waals surface area contributed by atoms with E-state index in [0.717, 1.165) is 16.8 Å². The Labute approximate surface area is 117 Å². The van der Waals surface area contributed by atoms with Gasteiger partial charge in [0.15, 0.2) is 0 Å². The topological polar surface area (TPSA) is 73.1 Å². The van der Waals surface area contributed by atoms with Crippen LogP contribution in [-0.2, 0) is 6.54 Å². The summed E-state index contributed by atoms with van der Waals surface area (Å²) in [6, 6.07) is 14.3. The molecule has 0 unspecified atom stereocenters. The Bertz CT molecular complexity index is 670. The molecule has 0 bridgehead atoms. The number of carboxylic acids is 1. The number of nitriles is 1. The lowest BCUT2D eigenvalue weighted by molar-refractivity contribution is 0.0697. The van der Waals surface area contributed by atoms with Gasteiger partial charge in [0, 0.05) is 12.2 Å². The SMILES string of the molecule is Cc1ccc(C#N)cc1NCc1ccc(C(=O)O)cc1. The third kappa shape index (κ3) is 3.15. The van der Waals surface area contributed by atoms with Crippen molar-refractivity contribution in [2.24, 2.45) is 0 Å². The van der Waals surface area contributed by atoms with E-state index in [1.165, 1.54) is 0 Å². The molecule has 4 nitrogen and oxygen atoms in total. The van der Waals surface area contributed by atoms with Gasteiger partial charge in [-0.1, -0.05) is 18.2 Å². The molecule has 0 saturated carbocycles. The summed E-state index contributed by atoms with van der Waals surface area (Å²) in [5.74, 6) is -0.929. The number of nitrogens with zero attached hydrogens (tertiary/aromatic N) is 1. The second-order valence-corrected chi connectivity index (χ2v) is 4.50. The summed E-state index contributed by atoms with van der Waals surface area (Å²) >= 11 is 0. The summed E-state index contributed by atoms with van der Waals surface area (Å²) < 4.78 is 0. The van der Waals surface area contributed by atoms with Crippen molar-refractivity contribution < 1.29 is 9.90 Å². The van der Waals surface area contributed by atoms with E-state index in [1.54, 1.807) is 36.4 Å². The number of carboxylic acid groups (broad SMARTS) is 1. The van der Waals surface area contributed by atoms with Crippen molar-refractivity contribution in [3.8, 4) is 6.07 Å². The monoisotopic (exact) mass is 266 g/mol. The van der Waals surface area contributed by atoms with Crippen LogP contribution in [0.15, 0.2) is 42.5 Å². The molecule has 0 atom stereocenters. The summed E-state index contributed by atoms with van der Waals surface area (Å²) in [5.41, 5.74) is 3.84. The van der Waals surface area contributed by atoms with E-state index in [0.29, 0.717) is 12.1 Å². The lowest BCUT2D eigenvalue weighted by Crippen LogP contribution is -2.02. The average molecular weight is 266 g/mol. The third-order valence-corrected chi connectivity index (χ3v) is 3.05. The molecule has 0 heterocycles. The summed E-state index contributed by atoms with van der Waals surface area (Å²) in [4.78, 5) is 10.8. The number of anilines is 1. The van der Waals surface area contributed by atoms with Gasteiger partial charge in [0.2, 0.25) is 0 Å². The molecule has 0 radical (unpaired) electrons. The van der Waals surface area contributed by atoms with Gasteiger partial charge in [-0.25, -0.2) is 4.79 Å². The van der Waals surface area contributed by atoms with E-state index in [4.69, 9.17) is 10.4 Å². The first kappa shape index (κ1) is 13.6. The lowest BCUT2D eigenvalue weighted by Gasteiger charge is -2.10.